The van der Waals surface area contributed by atoms with Gasteiger partial charge in [0.1, 0.15) is 5.56 Å². The number of anilines is 1. The second-order valence-corrected chi connectivity index (χ2v) is 6.19. The van der Waals surface area contributed by atoms with Crippen molar-refractivity contribution in [3.63, 3.8) is 0 Å². The average Bonchev–Trinajstić information content (AvgIpc) is 2.87. The zero-order valence-corrected chi connectivity index (χ0v) is 13.5. The lowest BCUT2D eigenvalue weighted by molar-refractivity contribution is 0.102. The summed E-state index contributed by atoms with van der Waals surface area (Å²) in [6, 6.07) is 5.04. The number of benzene rings is 1. The third kappa shape index (κ3) is 2.63. The quantitative estimate of drug-likeness (QED) is 0.783. The van der Waals surface area contributed by atoms with E-state index in [2.05, 4.69) is 10.3 Å². The highest BCUT2D eigenvalue weighted by atomic mass is 35.5. The van der Waals surface area contributed by atoms with Gasteiger partial charge in [0.2, 0.25) is 5.43 Å². The molecule has 1 aromatic carbocycles. The molecule has 0 bridgehead atoms. The van der Waals surface area contributed by atoms with E-state index in [4.69, 9.17) is 11.6 Å². The van der Waals surface area contributed by atoms with Gasteiger partial charge in [0, 0.05) is 29.0 Å². The molecule has 3 aromatic rings. The highest BCUT2D eigenvalue weighted by Crippen LogP contribution is 2.18. The Kier molecular flexibility index (Phi) is 3.72. The number of carbonyl (C=O) groups excluding carboxylic acids is 1. The van der Waals surface area contributed by atoms with Gasteiger partial charge in [-0.25, -0.2) is 4.98 Å². The number of aromatic nitrogens is 2. The molecule has 1 N–H and O–H groups in total. The van der Waals surface area contributed by atoms with Gasteiger partial charge in [-0.2, -0.15) is 0 Å². The Hall–Kier alpha value is -2.18. The topological polar surface area (TPSA) is 64.0 Å². The van der Waals surface area contributed by atoms with Gasteiger partial charge in [-0.1, -0.05) is 11.6 Å². The molecule has 112 valence electrons. The summed E-state index contributed by atoms with van der Waals surface area (Å²) in [5.41, 5.74) is 1.25. The van der Waals surface area contributed by atoms with E-state index in [1.54, 1.807) is 29.8 Å². The molecule has 0 aliphatic carbocycles. The Balaban J connectivity index is 2.09. The number of pyridine rings is 1. The van der Waals surface area contributed by atoms with E-state index >= 15 is 0 Å². The molecule has 1 amide bonds. The Bertz CT molecular complexity index is 946. The largest absolute Gasteiger partial charge is 0.350 e. The van der Waals surface area contributed by atoms with Gasteiger partial charge in [-0.15, -0.1) is 11.3 Å². The summed E-state index contributed by atoms with van der Waals surface area (Å²) >= 11 is 7.27. The van der Waals surface area contributed by atoms with Crippen LogP contribution in [-0.2, 0) is 7.05 Å². The predicted octanol–water partition coefficient (Wildman–Crippen LogP) is 3.21. The molecule has 5 nitrogen and oxygen atoms in total. The SMILES string of the molecule is Cc1csc(NC(=O)c2cn(C)c3ccc(Cl)cc3c2=O)n1. The number of nitrogens with one attached hydrogen (secondary N) is 1. The van der Waals surface area contributed by atoms with Crippen LogP contribution >= 0.6 is 22.9 Å². The number of carbonyl (C=O) groups is 1. The molecule has 0 saturated heterocycles. The fourth-order valence-corrected chi connectivity index (χ4v) is 3.06. The monoisotopic (exact) mass is 333 g/mol. The smallest absolute Gasteiger partial charge is 0.262 e. The van der Waals surface area contributed by atoms with Crippen molar-refractivity contribution in [1.82, 2.24) is 9.55 Å². The molecule has 0 saturated carbocycles. The zero-order valence-electron chi connectivity index (χ0n) is 11.9. The lowest BCUT2D eigenvalue weighted by Crippen LogP contribution is -2.23. The molecular formula is C15H12ClN3O2S. The van der Waals surface area contributed by atoms with Crippen molar-refractivity contribution in [2.24, 2.45) is 7.05 Å². The lowest BCUT2D eigenvalue weighted by Gasteiger charge is -2.09. The van der Waals surface area contributed by atoms with Gasteiger partial charge in [-0.3, -0.25) is 14.9 Å². The van der Waals surface area contributed by atoms with Crippen LogP contribution in [-0.4, -0.2) is 15.5 Å². The first-order valence-corrected chi connectivity index (χ1v) is 7.74. The second kappa shape index (κ2) is 5.55. The number of halogens is 1. The van der Waals surface area contributed by atoms with Crippen LogP contribution in [0.3, 0.4) is 0 Å². The van der Waals surface area contributed by atoms with Crippen LogP contribution in [0.1, 0.15) is 16.1 Å². The van der Waals surface area contributed by atoms with Crippen LogP contribution in [0.4, 0.5) is 5.13 Å². The van der Waals surface area contributed by atoms with Crippen molar-refractivity contribution < 1.29 is 4.79 Å². The maximum absolute atomic E-state index is 12.5. The van der Waals surface area contributed by atoms with E-state index in [1.807, 2.05) is 12.3 Å². The molecule has 0 atom stereocenters. The molecule has 0 fully saturated rings. The molecule has 7 heteroatoms. The van der Waals surface area contributed by atoms with Gasteiger partial charge < -0.3 is 4.57 Å². The number of rotatable bonds is 2. The molecule has 0 unspecified atom stereocenters. The average molecular weight is 334 g/mol. The molecule has 0 spiro atoms. The van der Waals surface area contributed by atoms with Gasteiger partial charge in [0.15, 0.2) is 5.13 Å². The third-order valence-corrected chi connectivity index (χ3v) is 4.35. The normalized spacial score (nSPS) is 10.9. The summed E-state index contributed by atoms with van der Waals surface area (Å²) in [6.07, 6.45) is 1.52. The fraction of sp³-hybridized carbons (Fsp3) is 0.133. The summed E-state index contributed by atoms with van der Waals surface area (Å²) in [5.74, 6) is -0.475. The van der Waals surface area contributed by atoms with Gasteiger partial charge >= 0.3 is 0 Å². The Labute approximate surface area is 135 Å². The first kappa shape index (κ1) is 14.7. The van der Waals surface area contributed by atoms with Crippen molar-refractivity contribution in [2.45, 2.75) is 6.92 Å². The number of thiazole rings is 1. The van der Waals surface area contributed by atoms with Crippen LogP contribution < -0.4 is 10.7 Å². The van der Waals surface area contributed by atoms with Gasteiger partial charge in [0.05, 0.1) is 11.2 Å². The van der Waals surface area contributed by atoms with Crippen LogP contribution in [0, 0.1) is 6.92 Å². The summed E-state index contributed by atoms with van der Waals surface area (Å²) in [4.78, 5) is 29.0. The first-order valence-electron chi connectivity index (χ1n) is 6.48. The van der Waals surface area contributed by atoms with E-state index in [0.29, 0.717) is 15.5 Å². The standard InChI is InChI=1S/C15H12ClN3O2S/c1-8-7-22-15(17-8)18-14(21)11-6-19(2)12-4-3-9(16)5-10(12)13(11)20/h3-7H,1-2H3,(H,17,18,21). The van der Waals surface area contributed by atoms with E-state index < -0.39 is 5.91 Å². The molecule has 0 aliphatic rings. The van der Waals surface area contributed by atoms with Gasteiger partial charge in [0.25, 0.3) is 5.91 Å². The predicted molar refractivity (Wildman–Crippen MR) is 89.0 cm³/mol. The molecule has 2 aromatic heterocycles. The third-order valence-electron chi connectivity index (χ3n) is 3.23. The van der Waals surface area contributed by atoms with E-state index in [0.717, 1.165) is 11.2 Å². The van der Waals surface area contributed by atoms with Crippen LogP contribution in [0.25, 0.3) is 10.9 Å². The zero-order chi connectivity index (χ0) is 15.9. The minimum Gasteiger partial charge on any atom is -0.350 e. The highest BCUT2D eigenvalue weighted by molar-refractivity contribution is 7.13. The molecule has 0 radical (unpaired) electrons. The number of amides is 1. The molecule has 2 heterocycles. The van der Waals surface area contributed by atoms with Crippen LogP contribution in [0.5, 0.6) is 0 Å². The number of hydrogen-bond acceptors (Lipinski definition) is 4. The minimum atomic E-state index is -0.475. The van der Waals surface area contributed by atoms with Gasteiger partial charge in [-0.05, 0) is 25.1 Å². The Morgan fingerprint density at radius 1 is 1.41 bits per heavy atom. The van der Waals surface area contributed by atoms with Crippen LogP contribution in [0.2, 0.25) is 5.02 Å². The fourth-order valence-electron chi connectivity index (χ4n) is 2.20. The van der Waals surface area contributed by atoms with Crippen molar-refractivity contribution in [3.8, 4) is 0 Å². The van der Waals surface area contributed by atoms with E-state index in [1.165, 1.54) is 17.5 Å². The highest BCUT2D eigenvalue weighted by Gasteiger charge is 2.16. The van der Waals surface area contributed by atoms with Crippen molar-refractivity contribution in [2.75, 3.05) is 5.32 Å². The second-order valence-electron chi connectivity index (χ2n) is 4.89. The molecular weight excluding hydrogens is 322 g/mol. The Morgan fingerprint density at radius 3 is 2.86 bits per heavy atom. The summed E-state index contributed by atoms with van der Waals surface area (Å²) in [5, 5.41) is 5.82. The van der Waals surface area contributed by atoms with Crippen molar-refractivity contribution >= 4 is 44.9 Å². The lowest BCUT2D eigenvalue weighted by atomic mass is 10.1. The van der Waals surface area contributed by atoms with E-state index in [-0.39, 0.29) is 11.0 Å². The summed E-state index contributed by atoms with van der Waals surface area (Å²) in [6.45, 7) is 1.84. The molecule has 22 heavy (non-hydrogen) atoms. The van der Waals surface area contributed by atoms with Crippen LogP contribution in [0.15, 0.2) is 34.6 Å². The number of nitrogens with zero attached hydrogens (tertiary/aromatic N) is 2. The number of aryl methyl sites for hydroxylation is 2. The molecule has 3 rings (SSSR count). The first-order chi connectivity index (χ1) is 10.5. The summed E-state index contributed by atoms with van der Waals surface area (Å²) in [7, 11) is 1.78. The maximum atomic E-state index is 12.5. The maximum Gasteiger partial charge on any atom is 0.262 e. The number of hydrogen-bond donors (Lipinski definition) is 1. The number of fused-ring (bicyclic) bond motifs is 1. The summed E-state index contributed by atoms with van der Waals surface area (Å²) < 4.78 is 1.73. The minimum absolute atomic E-state index is 0.0603. The Morgan fingerprint density at radius 2 is 2.18 bits per heavy atom. The van der Waals surface area contributed by atoms with Crippen molar-refractivity contribution in [1.29, 1.82) is 0 Å². The molecule has 0 aliphatic heterocycles. The van der Waals surface area contributed by atoms with Crippen molar-refractivity contribution in [3.05, 3.63) is 56.3 Å². The van der Waals surface area contributed by atoms with E-state index in [9.17, 15) is 9.59 Å².